The molecule has 98 valence electrons. The van der Waals surface area contributed by atoms with Crippen LogP contribution in [0.3, 0.4) is 0 Å². The first-order chi connectivity index (χ1) is 8.32. The molecule has 2 amide bonds. The van der Waals surface area contributed by atoms with E-state index in [0.29, 0.717) is 5.02 Å². The Labute approximate surface area is 113 Å². The quantitative estimate of drug-likeness (QED) is 0.846. The van der Waals surface area contributed by atoms with Crippen LogP contribution in [0.15, 0.2) is 24.3 Å². The number of carbonyl (C=O) groups excluding carboxylic acids is 1. The maximum atomic E-state index is 11.9. The molecule has 0 unspecified atom stereocenters. The molecule has 4 heteroatoms. The molecule has 0 spiro atoms. The Hall–Kier alpha value is -1.22. The second-order valence-electron chi connectivity index (χ2n) is 5.89. The Morgan fingerprint density at radius 3 is 2.39 bits per heavy atom. The van der Waals surface area contributed by atoms with Gasteiger partial charge >= 0.3 is 6.03 Å². The van der Waals surface area contributed by atoms with Crippen molar-refractivity contribution in [1.29, 1.82) is 0 Å². The van der Waals surface area contributed by atoms with E-state index in [9.17, 15) is 4.79 Å². The van der Waals surface area contributed by atoms with Gasteiger partial charge in [-0.25, -0.2) is 4.79 Å². The highest BCUT2D eigenvalue weighted by Crippen LogP contribution is 2.47. The summed E-state index contributed by atoms with van der Waals surface area (Å²) in [5.41, 5.74) is 0.504. The maximum absolute atomic E-state index is 11.9. The Morgan fingerprint density at radius 2 is 1.89 bits per heavy atom. The third kappa shape index (κ3) is 2.96. The lowest BCUT2D eigenvalue weighted by atomic mass is 10.0. The number of nitrogens with one attached hydrogen (secondary N) is 2. The molecule has 0 aliphatic heterocycles. The molecule has 3 nitrogen and oxygen atoms in total. The molecule has 0 bridgehead atoms. The van der Waals surface area contributed by atoms with E-state index in [2.05, 4.69) is 10.6 Å². The van der Waals surface area contributed by atoms with Crippen molar-refractivity contribution in [1.82, 2.24) is 10.6 Å². The standard InChI is InChI=1S/C14H19ClN2O/c1-13(2,3)16-12(18)17-14(8-9-14)10-6-4-5-7-11(10)15/h4-7H,8-9H2,1-3H3,(H2,16,17,18). The summed E-state index contributed by atoms with van der Waals surface area (Å²) >= 11 is 6.19. The van der Waals surface area contributed by atoms with Gasteiger partial charge in [-0.3, -0.25) is 0 Å². The minimum Gasteiger partial charge on any atom is -0.334 e. The molecule has 2 N–H and O–H groups in total. The number of rotatable bonds is 2. The van der Waals surface area contributed by atoms with E-state index >= 15 is 0 Å². The van der Waals surface area contributed by atoms with E-state index in [0.717, 1.165) is 18.4 Å². The van der Waals surface area contributed by atoms with Gasteiger partial charge in [0.15, 0.2) is 0 Å². The molecule has 18 heavy (non-hydrogen) atoms. The molecule has 1 aromatic carbocycles. The Kier molecular flexibility index (Phi) is 3.28. The minimum absolute atomic E-state index is 0.139. The Bertz CT molecular complexity index is 461. The predicted octanol–water partition coefficient (Wildman–Crippen LogP) is 3.43. The first kappa shape index (κ1) is 13.2. The predicted molar refractivity (Wildman–Crippen MR) is 73.8 cm³/mol. The van der Waals surface area contributed by atoms with Crippen molar-refractivity contribution in [2.75, 3.05) is 0 Å². The van der Waals surface area contributed by atoms with Crippen LogP contribution in [0.1, 0.15) is 39.2 Å². The molecule has 2 rings (SSSR count). The number of amides is 2. The molecule has 1 aliphatic rings. The average Bonchev–Trinajstić information content (AvgIpc) is 2.96. The third-order valence-electron chi connectivity index (χ3n) is 2.98. The van der Waals surface area contributed by atoms with Gasteiger partial charge < -0.3 is 10.6 Å². The first-order valence-electron chi connectivity index (χ1n) is 6.18. The zero-order valence-corrected chi connectivity index (χ0v) is 11.8. The number of halogens is 1. The van der Waals surface area contributed by atoms with E-state index in [-0.39, 0.29) is 17.1 Å². The lowest BCUT2D eigenvalue weighted by Gasteiger charge is -2.25. The Morgan fingerprint density at radius 1 is 1.28 bits per heavy atom. The molecule has 1 aliphatic carbocycles. The SMILES string of the molecule is CC(C)(C)NC(=O)NC1(c2ccccc2Cl)CC1. The highest BCUT2D eigenvalue weighted by Gasteiger charge is 2.47. The van der Waals surface area contributed by atoms with E-state index in [1.807, 2.05) is 45.0 Å². The summed E-state index contributed by atoms with van der Waals surface area (Å²) < 4.78 is 0. The normalized spacial score (nSPS) is 17.1. The van der Waals surface area contributed by atoms with Crippen LogP contribution < -0.4 is 10.6 Å². The van der Waals surface area contributed by atoms with Crippen LogP contribution in [0.4, 0.5) is 4.79 Å². The van der Waals surface area contributed by atoms with Gasteiger partial charge in [0.1, 0.15) is 0 Å². The number of benzene rings is 1. The van der Waals surface area contributed by atoms with Crippen LogP contribution in [0.5, 0.6) is 0 Å². The summed E-state index contributed by atoms with van der Waals surface area (Å²) in [6, 6.07) is 7.55. The maximum Gasteiger partial charge on any atom is 0.315 e. The summed E-state index contributed by atoms with van der Waals surface area (Å²) in [6.07, 6.45) is 1.88. The molecule has 0 aromatic heterocycles. The van der Waals surface area contributed by atoms with Gasteiger partial charge in [0.25, 0.3) is 0 Å². The van der Waals surface area contributed by atoms with Gasteiger partial charge in [-0.15, -0.1) is 0 Å². The topological polar surface area (TPSA) is 41.1 Å². The highest BCUT2D eigenvalue weighted by atomic mass is 35.5. The van der Waals surface area contributed by atoms with Crippen LogP contribution in [0.2, 0.25) is 5.02 Å². The number of carbonyl (C=O) groups is 1. The zero-order chi connectivity index (χ0) is 13.4. The fourth-order valence-electron chi connectivity index (χ4n) is 2.03. The van der Waals surface area contributed by atoms with Crippen molar-refractivity contribution in [2.24, 2.45) is 0 Å². The van der Waals surface area contributed by atoms with Crippen LogP contribution in [-0.4, -0.2) is 11.6 Å². The van der Waals surface area contributed by atoms with Crippen LogP contribution in [0, 0.1) is 0 Å². The van der Waals surface area contributed by atoms with E-state index in [4.69, 9.17) is 11.6 Å². The van der Waals surface area contributed by atoms with Crippen molar-refractivity contribution in [3.8, 4) is 0 Å². The second-order valence-corrected chi connectivity index (χ2v) is 6.30. The summed E-state index contributed by atoms with van der Waals surface area (Å²) in [5, 5.41) is 6.67. The summed E-state index contributed by atoms with van der Waals surface area (Å²) in [5.74, 6) is 0. The van der Waals surface area contributed by atoms with Gasteiger partial charge in [-0.05, 0) is 45.2 Å². The number of urea groups is 1. The molecule has 1 aromatic rings. The van der Waals surface area contributed by atoms with Gasteiger partial charge in [-0.2, -0.15) is 0 Å². The summed E-state index contributed by atoms with van der Waals surface area (Å²) in [7, 11) is 0. The lowest BCUT2D eigenvalue weighted by molar-refractivity contribution is 0.227. The molecule has 1 fully saturated rings. The zero-order valence-electron chi connectivity index (χ0n) is 11.0. The average molecular weight is 267 g/mol. The molecule has 0 atom stereocenters. The van der Waals surface area contributed by atoms with Gasteiger partial charge in [0, 0.05) is 10.6 Å². The van der Waals surface area contributed by atoms with Crippen molar-refractivity contribution in [3.05, 3.63) is 34.9 Å². The molecule has 0 radical (unpaired) electrons. The first-order valence-corrected chi connectivity index (χ1v) is 6.56. The van der Waals surface area contributed by atoms with E-state index in [1.54, 1.807) is 0 Å². The number of hydrogen-bond acceptors (Lipinski definition) is 1. The number of hydrogen-bond donors (Lipinski definition) is 2. The third-order valence-corrected chi connectivity index (χ3v) is 3.31. The van der Waals surface area contributed by atoms with Crippen LogP contribution in [0.25, 0.3) is 0 Å². The Balaban J connectivity index is 2.10. The largest absolute Gasteiger partial charge is 0.334 e. The van der Waals surface area contributed by atoms with Crippen LogP contribution in [-0.2, 0) is 5.54 Å². The highest BCUT2D eigenvalue weighted by molar-refractivity contribution is 6.31. The second kappa shape index (κ2) is 4.47. The fourth-order valence-corrected chi connectivity index (χ4v) is 2.34. The van der Waals surface area contributed by atoms with Gasteiger partial charge in [0.2, 0.25) is 0 Å². The minimum atomic E-state index is -0.270. The molecule has 0 saturated heterocycles. The van der Waals surface area contributed by atoms with Gasteiger partial charge in [-0.1, -0.05) is 29.8 Å². The van der Waals surface area contributed by atoms with Crippen LogP contribution >= 0.6 is 11.6 Å². The van der Waals surface area contributed by atoms with Crippen molar-refractivity contribution >= 4 is 17.6 Å². The van der Waals surface area contributed by atoms with E-state index in [1.165, 1.54) is 0 Å². The van der Waals surface area contributed by atoms with Gasteiger partial charge in [0.05, 0.1) is 5.54 Å². The lowest BCUT2D eigenvalue weighted by Crippen LogP contribution is -2.49. The smallest absolute Gasteiger partial charge is 0.315 e. The molecular formula is C14H19ClN2O. The molecule has 0 heterocycles. The fraction of sp³-hybridized carbons (Fsp3) is 0.500. The monoisotopic (exact) mass is 266 g/mol. The van der Waals surface area contributed by atoms with E-state index < -0.39 is 0 Å². The summed E-state index contributed by atoms with van der Waals surface area (Å²) in [6.45, 7) is 5.88. The van der Waals surface area contributed by atoms with Crippen molar-refractivity contribution < 1.29 is 4.79 Å². The van der Waals surface area contributed by atoms with Crippen molar-refractivity contribution in [2.45, 2.75) is 44.7 Å². The van der Waals surface area contributed by atoms with Crippen molar-refractivity contribution in [3.63, 3.8) is 0 Å². The molecule has 1 saturated carbocycles. The molecular weight excluding hydrogens is 248 g/mol. The summed E-state index contributed by atoms with van der Waals surface area (Å²) in [4.78, 5) is 11.9.